The zero-order chi connectivity index (χ0) is 67.2. The van der Waals surface area contributed by atoms with E-state index in [1.807, 2.05) is 0 Å². The van der Waals surface area contributed by atoms with Crippen LogP contribution in [0.2, 0.25) is 0 Å². The lowest BCUT2D eigenvalue weighted by atomic mass is 10.0. The molecule has 0 fully saturated rings. The second-order valence-corrected chi connectivity index (χ2v) is 28.7. The molecule has 0 saturated heterocycles. The molecule has 9 nitrogen and oxygen atoms in total. The largest absolute Gasteiger partial charge is 0.472 e. The summed E-state index contributed by atoms with van der Waals surface area (Å²) in [6, 6.07) is 0. The number of nitrogens with two attached hydrogens (primary N) is 1. The van der Waals surface area contributed by atoms with E-state index in [-0.39, 0.29) is 38.6 Å². The number of rotatable bonds is 77. The lowest BCUT2D eigenvalue weighted by molar-refractivity contribution is -0.161. The molecule has 0 aromatic heterocycles. The van der Waals surface area contributed by atoms with Crippen LogP contribution in [0.3, 0.4) is 0 Å². The summed E-state index contributed by atoms with van der Waals surface area (Å²) in [5.74, 6) is -0.804. The van der Waals surface area contributed by atoms with Gasteiger partial charge in [-0.15, -0.1) is 0 Å². The molecule has 0 heterocycles. The van der Waals surface area contributed by atoms with E-state index < -0.39 is 26.5 Å². The standard InChI is InChI=1S/C83H154NO8P/c1-3-5-7-9-11-13-15-17-19-21-23-25-27-29-31-33-35-37-38-39-40-41-42-44-46-48-50-52-54-56-58-60-62-64-66-68-70-72-74-76-83(86)92-81(80-91-93(87,88)90-78-77-84)79-89-82(85)75-73-71-69-67-65-63-61-59-57-55-53-51-49-47-45-43-36-34-32-30-28-26-24-22-20-18-16-14-12-10-8-6-4-2/h5,7,11,13,17,19,22-25,29,31,81H,3-4,6,8-10,12,14-16,18,20-21,26-28,30,32-80,84H2,1-2H3,(H,87,88)/b7-5-,13-11-,19-17-,24-22-,25-23-,31-29-. The second-order valence-electron chi connectivity index (χ2n) is 27.3. The molecule has 0 radical (unpaired) electrons. The molecule has 10 heteroatoms. The van der Waals surface area contributed by atoms with E-state index in [1.165, 1.54) is 315 Å². The highest BCUT2D eigenvalue weighted by Crippen LogP contribution is 2.43. The summed E-state index contributed by atoms with van der Waals surface area (Å²) in [5.41, 5.74) is 5.42. The average Bonchev–Trinajstić information content (AvgIpc) is 3.60. The molecule has 2 unspecified atom stereocenters. The molecular weight excluding hydrogens is 1170 g/mol. The molecule has 93 heavy (non-hydrogen) atoms. The Morgan fingerprint density at radius 1 is 0.333 bits per heavy atom. The van der Waals surface area contributed by atoms with E-state index in [0.717, 1.165) is 64.2 Å². The highest BCUT2D eigenvalue weighted by atomic mass is 31.2. The molecule has 0 rings (SSSR count). The maximum absolute atomic E-state index is 12.8. The predicted molar refractivity (Wildman–Crippen MR) is 404 cm³/mol. The Labute approximate surface area is 577 Å². The van der Waals surface area contributed by atoms with Crippen molar-refractivity contribution in [1.29, 1.82) is 0 Å². The minimum absolute atomic E-state index is 0.0552. The third-order valence-corrected chi connectivity index (χ3v) is 19.1. The van der Waals surface area contributed by atoms with Gasteiger partial charge in [0.2, 0.25) is 0 Å². The van der Waals surface area contributed by atoms with Gasteiger partial charge >= 0.3 is 19.8 Å². The molecule has 0 bridgehead atoms. The molecule has 0 aromatic carbocycles. The molecule has 2 atom stereocenters. The van der Waals surface area contributed by atoms with Gasteiger partial charge in [-0.2, -0.15) is 0 Å². The summed E-state index contributed by atoms with van der Waals surface area (Å²) in [7, 11) is -4.40. The first-order valence-corrected chi connectivity index (χ1v) is 41.9. The number of phosphoric ester groups is 1. The number of hydrogen-bond donors (Lipinski definition) is 2. The lowest BCUT2D eigenvalue weighted by Gasteiger charge is -2.19. The van der Waals surface area contributed by atoms with E-state index in [9.17, 15) is 19.0 Å². The van der Waals surface area contributed by atoms with Crippen LogP contribution in [0.15, 0.2) is 72.9 Å². The van der Waals surface area contributed by atoms with Gasteiger partial charge in [0.15, 0.2) is 6.10 Å². The van der Waals surface area contributed by atoms with Crippen LogP contribution in [0.4, 0.5) is 0 Å². The van der Waals surface area contributed by atoms with Crippen LogP contribution in [-0.4, -0.2) is 49.3 Å². The van der Waals surface area contributed by atoms with Crippen LogP contribution in [0, 0.1) is 0 Å². The minimum atomic E-state index is -4.40. The van der Waals surface area contributed by atoms with E-state index >= 15 is 0 Å². The van der Waals surface area contributed by atoms with Crippen molar-refractivity contribution >= 4 is 19.8 Å². The first-order chi connectivity index (χ1) is 45.8. The highest BCUT2D eigenvalue weighted by molar-refractivity contribution is 7.47. The monoisotopic (exact) mass is 1320 g/mol. The molecule has 0 spiro atoms. The number of carbonyl (C=O) groups excluding carboxylic acids is 2. The number of carbonyl (C=O) groups is 2. The Kier molecular flexibility index (Phi) is 76.3. The molecular formula is C83H154NO8P. The van der Waals surface area contributed by atoms with Crippen molar-refractivity contribution in [3.63, 3.8) is 0 Å². The fraction of sp³-hybridized carbons (Fsp3) is 0.831. The highest BCUT2D eigenvalue weighted by Gasteiger charge is 2.26. The zero-order valence-corrected chi connectivity index (χ0v) is 62.4. The van der Waals surface area contributed by atoms with Crippen molar-refractivity contribution in [2.24, 2.45) is 5.73 Å². The quantitative estimate of drug-likeness (QED) is 0.0264. The van der Waals surface area contributed by atoms with Crippen molar-refractivity contribution in [1.82, 2.24) is 0 Å². The first kappa shape index (κ1) is 90.5. The number of esters is 2. The summed E-state index contributed by atoms with van der Waals surface area (Å²) in [6.07, 6.45) is 105. The van der Waals surface area contributed by atoms with Crippen molar-refractivity contribution < 1.29 is 37.6 Å². The van der Waals surface area contributed by atoms with Gasteiger partial charge in [-0.05, 0) is 83.5 Å². The van der Waals surface area contributed by atoms with E-state index in [2.05, 4.69) is 86.8 Å². The summed E-state index contributed by atoms with van der Waals surface area (Å²) in [5, 5.41) is 0. The topological polar surface area (TPSA) is 134 Å². The van der Waals surface area contributed by atoms with Crippen molar-refractivity contribution in [2.45, 2.75) is 418 Å². The number of ether oxygens (including phenoxy) is 2. The smallest absolute Gasteiger partial charge is 0.462 e. The predicted octanol–water partition coefficient (Wildman–Crippen LogP) is 27.1. The van der Waals surface area contributed by atoms with Gasteiger partial charge in [-0.1, -0.05) is 389 Å². The number of phosphoric acid groups is 1. The molecule has 0 aliphatic heterocycles. The van der Waals surface area contributed by atoms with Gasteiger partial charge in [0.1, 0.15) is 6.61 Å². The molecule has 3 N–H and O–H groups in total. The first-order valence-electron chi connectivity index (χ1n) is 40.4. The molecule has 0 aliphatic rings. The lowest BCUT2D eigenvalue weighted by Crippen LogP contribution is -2.29. The Morgan fingerprint density at radius 2 is 0.591 bits per heavy atom. The molecule has 0 saturated carbocycles. The van der Waals surface area contributed by atoms with Crippen molar-refractivity contribution in [3.05, 3.63) is 72.9 Å². The summed E-state index contributed by atoms with van der Waals surface area (Å²) < 4.78 is 33.3. The second kappa shape index (κ2) is 78.4. The van der Waals surface area contributed by atoms with E-state index in [0.29, 0.717) is 6.42 Å². The maximum Gasteiger partial charge on any atom is 0.472 e. The third-order valence-electron chi connectivity index (χ3n) is 18.1. The zero-order valence-electron chi connectivity index (χ0n) is 61.5. The van der Waals surface area contributed by atoms with Crippen LogP contribution in [0.1, 0.15) is 412 Å². The maximum atomic E-state index is 12.8. The Hall–Kier alpha value is -2.55. The fourth-order valence-electron chi connectivity index (χ4n) is 12.1. The third kappa shape index (κ3) is 78.3. The van der Waals surface area contributed by atoms with Gasteiger partial charge in [-0.3, -0.25) is 18.6 Å². The minimum Gasteiger partial charge on any atom is -0.462 e. The Bertz CT molecular complexity index is 1760. The number of hydrogen-bond acceptors (Lipinski definition) is 8. The normalized spacial score (nSPS) is 13.2. The Balaban J connectivity index is 3.76. The number of unbranched alkanes of at least 4 members (excludes halogenated alkanes) is 52. The summed E-state index contributed by atoms with van der Waals surface area (Å²) >= 11 is 0. The van der Waals surface area contributed by atoms with Crippen LogP contribution >= 0.6 is 7.82 Å². The number of allylic oxidation sites excluding steroid dienone is 12. The average molecular weight is 1330 g/mol. The fourth-order valence-corrected chi connectivity index (χ4v) is 12.9. The SMILES string of the molecule is CC/C=C\C/C=C\C/C=C\C/C=C\C/C=C\CCCCCCCCCCCCCCCCCCCCCCCCCC(=O)OC(COC(=O)CCCCCCCCCCCCCCCCCCCCCCC/C=C\CCCCCCCCCC)COP(=O)(O)OCCN. The van der Waals surface area contributed by atoms with Crippen LogP contribution in [-0.2, 0) is 32.7 Å². The van der Waals surface area contributed by atoms with Gasteiger partial charge < -0.3 is 20.1 Å². The molecule has 0 aliphatic carbocycles. The van der Waals surface area contributed by atoms with E-state index in [4.69, 9.17) is 24.3 Å². The van der Waals surface area contributed by atoms with Crippen molar-refractivity contribution in [2.75, 3.05) is 26.4 Å². The Morgan fingerprint density at radius 3 is 0.892 bits per heavy atom. The molecule has 0 amide bonds. The molecule has 0 aromatic rings. The summed E-state index contributed by atoms with van der Waals surface area (Å²) in [6.45, 7) is 3.70. The molecule has 544 valence electrons. The van der Waals surface area contributed by atoms with Crippen LogP contribution in [0.25, 0.3) is 0 Å². The van der Waals surface area contributed by atoms with Crippen LogP contribution < -0.4 is 5.73 Å². The summed E-state index contributed by atoms with van der Waals surface area (Å²) in [4.78, 5) is 35.5. The van der Waals surface area contributed by atoms with Crippen molar-refractivity contribution in [3.8, 4) is 0 Å². The van der Waals surface area contributed by atoms with Gasteiger partial charge in [0.25, 0.3) is 0 Å². The van der Waals surface area contributed by atoms with Crippen LogP contribution in [0.5, 0.6) is 0 Å². The van der Waals surface area contributed by atoms with E-state index in [1.54, 1.807) is 0 Å². The van der Waals surface area contributed by atoms with Gasteiger partial charge in [0.05, 0.1) is 13.2 Å². The van der Waals surface area contributed by atoms with Gasteiger partial charge in [-0.25, -0.2) is 4.57 Å². The van der Waals surface area contributed by atoms with Gasteiger partial charge in [0, 0.05) is 19.4 Å².